The maximum absolute atomic E-state index is 11.8. The molecule has 0 aliphatic carbocycles. The number of carbonyl (C=O) groups is 1. The van der Waals surface area contributed by atoms with Gasteiger partial charge in [0.05, 0.1) is 23.5 Å². The number of fused-ring (bicyclic) bond motifs is 1. The van der Waals surface area contributed by atoms with Crippen LogP contribution in [-0.2, 0) is 6.54 Å². The van der Waals surface area contributed by atoms with Gasteiger partial charge in [0, 0.05) is 37.4 Å². The summed E-state index contributed by atoms with van der Waals surface area (Å²) in [6, 6.07) is 7.58. The molecule has 1 saturated heterocycles. The normalized spacial score (nSPS) is 14.5. The number of rotatable bonds is 5. The van der Waals surface area contributed by atoms with E-state index in [1.165, 1.54) is 6.42 Å². The number of hydrogen-bond acceptors (Lipinski definition) is 5. The van der Waals surface area contributed by atoms with Crippen LogP contribution < -0.4 is 16.0 Å². The number of amides is 1. The Kier molecular flexibility index (Phi) is 4.43. The molecule has 1 amide bonds. The second-order valence-corrected chi connectivity index (χ2v) is 6.56. The van der Waals surface area contributed by atoms with Gasteiger partial charge in [-0.3, -0.25) is 9.20 Å². The second kappa shape index (κ2) is 7.03. The molecule has 134 valence electrons. The average Bonchev–Trinajstić information content (AvgIpc) is 3.10. The molecule has 0 atom stereocenters. The SMILES string of the molecule is NC(=O)c1ccc(NCc2cn3cccnc3n2)cc1N1CCCCC1. The lowest BCUT2D eigenvalue weighted by Crippen LogP contribution is -2.31. The van der Waals surface area contributed by atoms with E-state index in [2.05, 4.69) is 20.2 Å². The van der Waals surface area contributed by atoms with Gasteiger partial charge in [-0.25, -0.2) is 9.97 Å². The standard InChI is InChI=1S/C19H22N6O/c20-18(26)16-6-5-14(11-17(16)24-8-2-1-3-9-24)22-12-15-13-25-10-4-7-21-19(25)23-15/h4-7,10-11,13,22H,1-3,8-9,12H2,(H2,20,26). The van der Waals surface area contributed by atoms with Crippen LogP contribution in [0.2, 0.25) is 0 Å². The van der Waals surface area contributed by atoms with Crippen LogP contribution in [0.4, 0.5) is 11.4 Å². The van der Waals surface area contributed by atoms with Gasteiger partial charge in [-0.2, -0.15) is 0 Å². The summed E-state index contributed by atoms with van der Waals surface area (Å²) >= 11 is 0. The molecule has 1 fully saturated rings. The topological polar surface area (TPSA) is 88.5 Å². The van der Waals surface area contributed by atoms with Crippen molar-refractivity contribution in [3.05, 3.63) is 54.1 Å². The molecule has 0 radical (unpaired) electrons. The minimum absolute atomic E-state index is 0.386. The number of piperidine rings is 1. The molecular formula is C19H22N6O. The van der Waals surface area contributed by atoms with E-state index in [0.29, 0.717) is 17.9 Å². The summed E-state index contributed by atoms with van der Waals surface area (Å²) in [5, 5.41) is 3.39. The van der Waals surface area contributed by atoms with Crippen LogP contribution in [0.15, 0.2) is 42.9 Å². The molecule has 1 aromatic carbocycles. The molecule has 0 unspecified atom stereocenters. The zero-order chi connectivity index (χ0) is 17.9. The zero-order valence-corrected chi connectivity index (χ0v) is 14.6. The van der Waals surface area contributed by atoms with E-state index in [0.717, 1.165) is 43.0 Å². The van der Waals surface area contributed by atoms with Crippen molar-refractivity contribution in [2.45, 2.75) is 25.8 Å². The van der Waals surface area contributed by atoms with Crippen LogP contribution in [0.3, 0.4) is 0 Å². The van der Waals surface area contributed by atoms with Gasteiger partial charge in [0.1, 0.15) is 0 Å². The van der Waals surface area contributed by atoms with E-state index in [9.17, 15) is 4.79 Å². The third-order valence-corrected chi connectivity index (χ3v) is 4.72. The quantitative estimate of drug-likeness (QED) is 0.738. The molecule has 4 rings (SSSR count). The van der Waals surface area contributed by atoms with E-state index < -0.39 is 0 Å². The number of nitrogens with one attached hydrogen (secondary N) is 1. The summed E-state index contributed by atoms with van der Waals surface area (Å²) in [6.45, 7) is 2.50. The van der Waals surface area contributed by atoms with Crippen LogP contribution in [0, 0.1) is 0 Å². The Morgan fingerprint density at radius 1 is 1.23 bits per heavy atom. The van der Waals surface area contributed by atoms with Crippen molar-refractivity contribution in [1.82, 2.24) is 14.4 Å². The van der Waals surface area contributed by atoms with E-state index in [4.69, 9.17) is 5.73 Å². The van der Waals surface area contributed by atoms with Gasteiger partial charge < -0.3 is 16.0 Å². The third kappa shape index (κ3) is 3.33. The number of carbonyl (C=O) groups excluding carboxylic acids is 1. The van der Waals surface area contributed by atoms with E-state index in [1.54, 1.807) is 12.3 Å². The van der Waals surface area contributed by atoms with Gasteiger partial charge in [-0.1, -0.05) is 0 Å². The number of nitrogens with zero attached hydrogens (tertiary/aromatic N) is 4. The molecule has 3 aromatic rings. The Morgan fingerprint density at radius 2 is 2.08 bits per heavy atom. The molecular weight excluding hydrogens is 328 g/mol. The molecule has 0 spiro atoms. The van der Waals surface area contributed by atoms with Crippen LogP contribution >= 0.6 is 0 Å². The number of aromatic nitrogens is 3. The number of primary amides is 1. The first-order valence-electron chi connectivity index (χ1n) is 8.92. The highest BCUT2D eigenvalue weighted by atomic mass is 16.1. The van der Waals surface area contributed by atoms with Crippen LogP contribution in [0.1, 0.15) is 35.3 Å². The summed E-state index contributed by atoms with van der Waals surface area (Å²) in [6.07, 6.45) is 9.14. The largest absolute Gasteiger partial charge is 0.379 e. The number of imidazole rings is 1. The van der Waals surface area contributed by atoms with Gasteiger partial charge in [-0.05, 0) is 43.5 Å². The number of benzene rings is 1. The maximum Gasteiger partial charge on any atom is 0.250 e. The van der Waals surface area contributed by atoms with Crippen molar-refractivity contribution in [2.24, 2.45) is 5.73 Å². The Hall–Kier alpha value is -3.09. The number of nitrogens with two attached hydrogens (primary N) is 1. The minimum atomic E-state index is -0.386. The summed E-state index contributed by atoms with van der Waals surface area (Å²) in [4.78, 5) is 22.8. The Morgan fingerprint density at radius 3 is 2.85 bits per heavy atom. The molecule has 7 heteroatoms. The molecule has 2 aromatic heterocycles. The molecule has 0 bridgehead atoms. The van der Waals surface area contributed by atoms with Crippen LogP contribution in [-0.4, -0.2) is 33.4 Å². The van der Waals surface area contributed by atoms with Gasteiger partial charge >= 0.3 is 0 Å². The summed E-state index contributed by atoms with van der Waals surface area (Å²) in [5.74, 6) is 0.297. The number of anilines is 2. The highest BCUT2D eigenvalue weighted by molar-refractivity contribution is 5.99. The Labute approximate surface area is 151 Å². The summed E-state index contributed by atoms with van der Waals surface area (Å²) in [5.41, 5.74) is 8.92. The zero-order valence-electron chi connectivity index (χ0n) is 14.6. The third-order valence-electron chi connectivity index (χ3n) is 4.72. The monoisotopic (exact) mass is 350 g/mol. The predicted molar refractivity (Wildman–Crippen MR) is 101 cm³/mol. The van der Waals surface area contributed by atoms with Crippen molar-refractivity contribution < 1.29 is 4.79 Å². The molecule has 0 saturated carbocycles. The predicted octanol–water partition coefficient (Wildman–Crippen LogP) is 2.43. The Bertz CT molecular complexity index is 896. The Balaban J connectivity index is 1.55. The fourth-order valence-electron chi connectivity index (χ4n) is 3.40. The first kappa shape index (κ1) is 16.4. The van der Waals surface area contributed by atoms with Gasteiger partial charge in [0.25, 0.3) is 5.91 Å². The minimum Gasteiger partial charge on any atom is -0.379 e. The molecule has 7 nitrogen and oxygen atoms in total. The van der Waals surface area contributed by atoms with E-state index in [-0.39, 0.29) is 5.91 Å². The van der Waals surface area contributed by atoms with Gasteiger partial charge in [0.15, 0.2) is 0 Å². The van der Waals surface area contributed by atoms with Crippen LogP contribution in [0.25, 0.3) is 5.78 Å². The van der Waals surface area contributed by atoms with Crippen molar-refractivity contribution in [1.29, 1.82) is 0 Å². The fraction of sp³-hybridized carbons (Fsp3) is 0.316. The fourth-order valence-corrected chi connectivity index (χ4v) is 3.40. The first-order valence-corrected chi connectivity index (χ1v) is 8.92. The summed E-state index contributed by atoms with van der Waals surface area (Å²) < 4.78 is 1.90. The lowest BCUT2D eigenvalue weighted by atomic mass is 10.1. The smallest absolute Gasteiger partial charge is 0.250 e. The summed E-state index contributed by atoms with van der Waals surface area (Å²) in [7, 11) is 0. The van der Waals surface area contributed by atoms with Crippen molar-refractivity contribution in [3.63, 3.8) is 0 Å². The van der Waals surface area contributed by atoms with E-state index in [1.807, 2.05) is 35.0 Å². The molecule has 3 heterocycles. The van der Waals surface area contributed by atoms with Gasteiger partial charge in [-0.15, -0.1) is 0 Å². The van der Waals surface area contributed by atoms with Crippen molar-refractivity contribution >= 4 is 23.1 Å². The molecule has 3 N–H and O–H groups in total. The lowest BCUT2D eigenvalue weighted by Gasteiger charge is -2.30. The second-order valence-electron chi connectivity index (χ2n) is 6.56. The lowest BCUT2D eigenvalue weighted by molar-refractivity contribution is 0.100. The van der Waals surface area contributed by atoms with Crippen molar-refractivity contribution in [2.75, 3.05) is 23.3 Å². The first-order chi connectivity index (χ1) is 12.7. The van der Waals surface area contributed by atoms with E-state index >= 15 is 0 Å². The van der Waals surface area contributed by atoms with Gasteiger partial charge in [0.2, 0.25) is 5.78 Å². The highest BCUT2D eigenvalue weighted by Gasteiger charge is 2.17. The molecule has 1 aliphatic rings. The number of hydrogen-bond donors (Lipinski definition) is 2. The highest BCUT2D eigenvalue weighted by Crippen LogP contribution is 2.27. The van der Waals surface area contributed by atoms with Crippen molar-refractivity contribution in [3.8, 4) is 0 Å². The molecule has 1 aliphatic heterocycles. The maximum atomic E-state index is 11.8. The average molecular weight is 350 g/mol. The molecule has 26 heavy (non-hydrogen) atoms. The van der Waals surface area contributed by atoms with Crippen LogP contribution in [0.5, 0.6) is 0 Å².